The highest BCUT2D eigenvalue weighted by Gasteiger charge is 2.36. The summed E-state index contributed by atoms with van der Waals surface area (Å²) < 4.78 is 10.9. The zero-order valence-corrected chi connectivity index (χ0v) is 17.6. The van der Waals surface area contributed by atoms with E-state index in [1.807, 2.05) is 37.3 Å². The van der Waals surface area contributed by atoms with Crippen molar-refractivity contribution in [2.24, 2.45) is 0 Å². The Morgan fingerprint density at radius 1 is 1.10 bits per heavy atom. The van der Waals surface area contributed by atoms with E-state index in [-0.39, 0.29) is 24.4 Å². The Kier molecular flexibility index (Phi) is 5.25. The summed E-state index contributed by atoms with van der Waals surface area (Å²) in [6, 6.07) is 13.4. The van der Waals surface area contributed by atoms with E-state index in [0.717, 1.165) is 49.9 Å². The summed E-state index contributed by atoms with van der Waals surface area (Å²) in [5, 5.41) is 2.85. The molecule has 2 amide bonds. The van der Waals surface area contributed by atoms with Gasteiger partial charge < -0.3 is 24.6 Å². The van der Waals surface area contributed by atoms with Gasteiger partial charge in [-0.2, -0.15) is 0 Å². The number of anilines is 2. The van der Waals surface area contributed by atoms with E-state index in [2.05, 4.69) is 17.4 Å². The lowest BCUT2D eigenvalue weighted by molar-refractivity contribution is -1.02. The molecule has 1 fully saturated rings. The summed E-state index contributed by atoms with van der Waals surface area (Å²) in [5.74, 6) is 1.50. The van der Waals surface area contributed by atoms with Gasteiger partial charge >= 0.3 is 0 Å². The van der Waals surface area contributed by atoms with Crippen LogP contribution in [0.25, 0.3) is 0 Å². The fourth-order valence-electron chi connectivity index (χ4n) is 4.71. The first-order chi connectivity index (χ1) is 15.1. The van der Waals surface area contributed by atoms with E-state index in [1.165, 1.54) is 15.4 Å². The van der Waals surface area contributed by atoms with E-state index in [1.54, 1.807) is 4.90 Å². The largest absolute Gasteiger partial charge is 0.454 e. The highest BCUT2D eigenvalue weighted by Crippen LogP contribution is 2.32. The SMILES string of the molecule is C[C@@H](C(=O)N1CC(=O)Nc2ccccc21)[NH+]1CC[NH+](Cc2ccc3c(c2)OCO3)CC1. The number of rotatable bonds is 4. The van der Waals surface area contributed by atoms with Crippen molar-refractivity contribution in [1.82, 2.24) is 0 Å². The number of quaternary nitrogens is 2. The van der Waals surface area contributed by atoms with Gasteiger partial charge in [0.05, 0.1) is 11.4 Å². The summed E-state index contributed by atoms with van der Waals surface area (Å²) in [6.07, 6.45) is 0. The van der Waals surface area contributed by atoms with Crippen LogP contribution in [0, 0.1) is 0 Å². The van der Waals surface area contributed by atoms with Crippen LogP contribution in [0.3, 0.4) is 0 Å². The molecule has 0 aliphatic carbocycles. The number of nitrogens with zero attached hydrogens (tertiary/aromatic N) is 1. The molecule has 8 nitrogen and oxygen atoms in total. The normalized spacial score (nSPS) is 23.1. The number of hydrogen-bond acceptors (Lipinski definition) is 4. The van der Waals surface area contributed by atoms with Gasteiger partial charge in [-0.25, -0.2) is 0 Å². The molecule has 8 heteroatoms. The van der Waals surface area contributed by atoms with Crippen LogP contribution in [0.4, 0.5) is 11.4 Å². The highest BCUT2D eigenvalue weighted by atomic mass is 16.7. The van der Waals surface area contributed by atoms with Crippen molar-refractivity contribution in [3.05, 3.63) is 48.0 Å². The van der Waals surface area contributed by atoms with Crippen LogP contribution in [0.2, 0.25) is 0 Å². The van der Waals surface area contributed by atoms with E-state index in [4.69, 9.17) is 9.47 Å². The number of hydrogen-bond donors (Lipinski definition) is 3. The van der Waals surface area contributed by atoms with Gasteiger partial charge in [-0.3, -0.25) is 14.5 Å². The first kappa shape index (κ1) is 19.8. The third-order valence-corrected chi connectivity index (χ3v) is 6.51. The smallest absolute Gasteiger partial charge is 0.285 e. The molecule has 1 saturated heterocycles. The molecule has 2 aromatic rings. The number of nitrogens with one attached hydrogen (secondary N) is 3. The lowest BCUT2D eigenvalue weighted by Gasteiger charge is -2.36. The van der Waals surface area contributed by atoms with E-state index >= 15 is 0 Å². The Bertz CT molecular complexity index is 1000. The maximum Gasteiger partial charge on any atom is 0.285 e. The average molecular weight is 425 g/mol. The maximum atomic E-state index is 13.3. The van der Waals surface area contributed by atoms with Crippen LogP contribution in [-0.2, 0) is 16.1 Å². The number of ether oxygens (including phenoxy) is 2. The van der Waals surface area contributed by atoms with Gasteiger partial charge in [-0.05, 0) is 37.3 Å². The molecule has 3 N–H and O–H groups in total. The maximum absolute atomic E-state index is 13.3. The van der Waals surface area contributed by atoms with Gasteiger partial charge in [0.1, 0.15) is 39.3 Å². The molecule has 162 valence electrons. The Morgan fingerprint density at radius 2 is 1.87 bits per heavy atom. The zero-order chi connectivity index (χ0) is 21.4. The molecule has 5 rings (SSSR count). The van der Waals surface area contributed by atoms with Gasteiger partial charge in [-0.1, -0.05) is 12.1 Å². The minimum Gasteiger partial charge on any atom is -0.454 e. The number of amides is 2. The molecule has 3 aliphatic heterocycles. The molecule has 0 radical (unpaired) electrons. The van der Waals surface area contributed by atoms with Crippen molar-refractivity contribution in [3.63, 3.8) is 0 Å². The molecule has 31 heavy (non-hydrogen) atoms. The predicted molar refractivity (Wildman–Crippen MR) is 115 cm³/mol. The molecular formula is C23H28N4O4+2. The Labute approximate surface area is 181 Å². The van der Waals surface area contributed by atoms with Crippen LogP contribution >= 0.6 is 0 Å². The van der Waals surface area contributed by atoms with E-state index in [0.29, 0.717) is 12.5 Å². The molecular weight excluding hydrogens is 396 g/mol. The average Bonchev–Trinajstić information content (AvgIpc) is 3.26. The monoisotopic (exact) mass is 424 g/mol. The lowest BCUT2D eigenvalue weighted by atomic mass is 10.1. The number of carbonyl (C=O) groups excluding carboxylic acids is 2. The van der Waals surface area contributed by atoms with Crippen molar-refractivity contribution in [2.75, 3.05) is 49.7 Å². The van der Waals surface area contributed by atoms with Gasteiger partial charge in [0.2, 0.25) is 12.7 Å². The van der Waals surface area contributed by atoms with Gasteiger partial charge in [0.15, 0.2) is 17.5 Å². The minimum absolute atomic E-state index is 0.0107. The zero-order valence-electron chi connectivity index (χ0n) is 17.6. The first-order valence-electron chi connectivity index (χ1n) is 10.9. The molecule has 0 saturated carbocycles. The van der Waals surface area contributed by atoms with Crippen molar-refractivity contribution in [1.29, 1.82) is 0 Å². The summed E-state index contributed by atoms with van der Waals surface area (Å²) in [4.78, 5) is 29.8. The fourth-order valence-corrected chi connectivity index (χ4v) is 4.71. The second-order valence-corrected chi connectivity index (χ2v) is 8.48. The number of piperazine rings is 1. The molecule has 0 spiro atoms. The number of benzene rings is 2. The molecule has 2 aromatic carbocycles. The summed E-state index contributed by atoms with van der Waals surface area (Å²) in [7, 11) is 0. The summed E-state index contributed by atoms with van der Waals surface area (Å²) >= 11 is 0. The van der Waals surface area contributed by atoms with Crippen molar-refractivity contribution >= 4 is 23.2 Å². The van der Waals surface area contributed by atoms with Crippen LogP contribution in [0.15, 0.2) is 42.5 Å². The molecule has 3 aliphatic rings. The van der Waals surface area contributed by atoms with E-state index in [9.17, 15) is 9.59 Å². The standard InChI is InChI=1S/C23H26N4O4/c1-16(23(29)27-14-22(28)24-18-4-2-3-5-19(18)27)26-10-8-25(9-11-26)13-17-6-7-20-21(12-17)31-15-30-20/h2-7,12,16H,8-11,13-15H2,1H3,(H,24,28)/p+2/t16-/m0/s1. The Morgan fingerprint density at radius 3 is 2.71 bits per heavy atom. The van der Waals surface area contributed by atoms with Crippen LogP contribution in [0.5, 0.6) is 11.5 Å². The van der Waals surface area contributed by atoms with Gasteiger partial charge in [-0.15, -0.1) is 0 Å². The predicted octanol–water partition coefficient (Wildman–Crippen LogP) is -0.927. The Hall–Kier alpha value is -3.10. The van der Waals surface area contributed by atoms with Crippen molar-refractivity contribution < 1.29 is 28.9 Å². The van der Waals surface area contributed by atoms with Crippen molar-refractivity contribution in [2.45, 2.75) is 19.5 Å². The summed E-state index contributed by atoms with van der Waals surface area (Å²) in [6.45, 7) is 7.14. The van der Waals surface area contributed by atoms with Crippen LogP contribution < -0.4 is 29.5 Å². The molecule has 0 bridgehead atoms. The number of fused-ring (bicyclic) bond motifs is 2. The Balaban J connectivity index is 1.20. The molecule has 0 unspecified atom stereocenters. The van der Waals surface area contributed by atoms with Gasteiger partial charge in [0, 0.05) is 5.56 Å². The molecule has 3 heterocycles. The highest BCUT2D eigenvalue weighted by molar-refractivity contribution is 6.10. The number of para-hydroxylation sites is 2. The summed E-state index contributed by atoms with van der Waals surface area (Å²) in [5.41, 5.74) is 2.72. The second kappa shape index (κ2) is 8.20. The topological polar surface area (TPSA) is 76.8 Å². The lowest BCUT2D eigenvalue weighted by Crippen LogP contribution is -3.29. The third kappa shape index (κ3) is 3.96. The molecule has 0 aromatic heterocycles. The van der Waals surface area contributed by atoms with Crippen LogP contribution in [0.1, 0.15) is 12.5 Å². The first-order valence-corrected chi connectivity index (χ1v) is 10.9. The van der Waals surface area contributed by atoms with Gasteiger partial charge in [0.25, 0.3) is 5.91 Å². The van der Waals surface area contributed by atoms with Crippen molar-refractivity contribution in [3.8, 4) is 11.5 Å². The molecule has 1 atom stereocenters. The van der Waals surface area contributed by atoms with E-state index < -0.39 is 0 Å². The third-order valence-electron chi connectivity index (χ3n) is 6.51. The minimum atomic E-state index is -0.189. The quantitative estimate of drug-likeness (QED) is 0.593. The second-order valence-electron chi connectivity index (χ2n) is 8.48. The number of carbonyl (C=O) groups is 2. The fraction of sp³-hybridized carbons (Fsp3) is 0.391. The van der Waals surface area contributed by atoms with Crippen LogP contribution in [-0.4, -0.2) is 57.4 Å².